The van der Waals surface area contributed by atoms with Crippen molar-refractivity contribution in [3.8, 4) is 5.69 Å². The molecule has 1 aromatic carbocycles. The second-order valence-electron chi connectivity index (χ2n) is 3.85. The molecule has 1 amide bonds. The van der Waals surface area contributed by atoms with Crippen LogP contribution in [0, 0.1) is 0 Å². The van der Waals surface area contributed by atoms with Gasteiger partial charge < -0.3 is 0 Å². The minimum Gasteiger partial charge on any atom is -0.296 e. The first-order valence-electron chi connectivity index (χ1n) is 5.60. The van der Waals surface area contributed by atoms with E-state index in [1.165, 1.54) is 11.3 Å². The van der Waals surface area contributed by atoms with Crippen molar-refractivity contribution >= 4 is 38.3 Å². The maximum atomic E-state index is 12.0. The van der Waals surface area contributed by atoms with Gasteiger partial charge in [-0.3, -0.25) is 10.1 Å². The molecule has 0 aliphatic heterocycles. The van der Waals surface area contributed by atoms with Crippen LogP contribution in [0.4, 0.5) is 5.13 Å². The third-order valence-electron chi connectivity index (χ3n) is 2.53. The summed E-state index contributed by atoms with van der Waals surface area (Å²) in [6, 6.07) is 7.13. The van der Waals surface area contributed by atoms with Crippen molar-refractivity contribution in [1.82, 2.24) is 20.0 Å². The molecule has 0 aliphatic carbocycles. The first-order chi connectivity index (χ1) is 9.72. The Morgan fingerprint density at radius 3 is 2.70 bits per heavy atom. The Bertz CT molecular complexity index is 723. The minimum absolute atomic E-state index is 0.213. The highest BCUT2D eigenvalue weighted by molar-refractivity contribution is 9.10. The first kappa shape index (κ1) is 12.9. The van der Waals surface area contributed by atoms with Gasteiger partial charge in [-0.1, -0.05) is 11.3 Å². The van der Waals surface area contributed by atoms with Crippen LogP contribution >= 0.6 is 27.3 Å². The normalized spacial score (nSPS) is 10.4. The molecule has 3 aromatic rings. The molecule has 8 heteroatoms. The summed E-state index contributed by atoms with van der Waals surface area (Å²) >= 11 is 4.62. The zero-order valence-corrected chi connectivity index (χ0v) is 12.4. The Morgan fingerprint density at radius 2 is 2.10 bits per heavy atom. The second kappa shape index (κ2) is 5.51. The van der Waals surface area contributed by atoms with E-state index in [4.69, 9.17) is 0 Å². The van der Waals surface area contributed by atoms with Crippen molar-refractivity contribution in [2.45, 2.75) is 0 Å². The van der Waals surface area contributed by atoms with E-state index >= 15 is 0 Å². The lowest BCUT2D eigenvalue weighted by Crippen LogP contribution is -2.11. The summed E-state index contributed by atoms with van der Waals surface area (Å²) in [6.45, 7) is 0. The van der Waals surface area contributed by atoms with Gasteiger partial charge in [0.15, 0.2) is 0 Å². The molecule has 0 radical (unpaired) electrons. The van der Waals surface area contributed by atoms with Gasteiger partial charge in [0, 0.05) is 11.8 Å². The van der Waals surface area contributed by atoms with Crippen LogP contribution in [0.15, 0.2) is 46.6 Å². The number of amides is 1. The molecule has 0 saturated heterocycles. The molecule has 0 unspecified atom stereocenters. The third-order valence-corrected chi connectivity index (χ3v) is 3.54. The van der Waals surface area contributed by atoms with Crippen LogP contribution in [0.25, 0.3) is 5.69 Å². The van der Waals surface area contributed by atoms with Crippen molar-refractivity contribution < 1.29 is 4.79 Å². The van der Waals surface area contributed by atoms with E-state index in [-0.39, 0.29) is 5.91 Å². The van der Waals surface area contributed by atoms with Gasteiger partial charge in [0.1, 0.15) is 5.51 Å². The van der Waals surface area contributed by atoms with Gasteiger partial charge in [-0.2, -0.15) is 5.10 Å². The molecule has 0 spiro atoms. The summed E-state index contributed by atoms with van der Waals surface area (Å²) in [7, 11) is 0. The van der Waals surface area contributed by atoms with Crippen LogP contribution in [0.1, 0.15) is 10.4 Å². The van der Waals surface area contributed by atoms with Crippen LogP contribution < -0.4 is 5.32 Å². The SMILES string of the molecule is O=C(Nc1nncs1)c1ccc(-n2cc(Br)cn2)cc1. The number of rotatable bonds is 3. The van der Waals surface area contributed by atoms with Gasteiger partial charge in [0.05, 0.1) is 16.4 Å². The fourth-order valence-electron chi connectivity index (χ4n) is 1.60. The van der Waals surface area contributed by atoms with Crippen LogP contribution in [0.5, 0.6) is 0 Å². The molecule has 2 heterocycles. The fraction of sp³-hybridized carbons (Fsp3) is 0. The lowest BCUT2D eigenvalue weighted by molar-refractivity contribution is 0.102. The smallest absolute Gasteiger partial charge is 0.257 e. The first-order valence-corrected chi connectivity index (χ1v) is 7.28. The highest BCUT2D eigenvalue weighted by atomic mass is 79.9. The number of nitrogens with one attached hydrogen (secondary N) is 1. The van der Waals surface area contributed by atoms with Gasteiger partial charge in [-0.15, -0.1) is 10.2 Å². The largest absolute Gasteiger partial charge is 0.296 e. The zero-order valence-electron chi connectivity index (χ0n) is 10.0. The maximum Gasteiger partial charge on any atom is 0.257 e. The molecule has 0 fully saturated rings. The van der Waals surface area contributed by atoms with E-state index in [9.17, 15) is 4.79 Å². The molecule has 0 bridgehead atoms. The van der Waals surface area contributed by atoms with Gasteiger partial charge in [-0.05, 0) is 40.2 Å². The fourth-order valence-corrected chi connectivity index (χ4v) is 2.33. The number of carbonyl (C=O) groups excluding carboxylic acids is 1. The second-order valence-corrected chi connectivity index (χ2v) is 5.60. The van der Waals surface area contributed by atoms with E-state index < -0.39 is 0 Å². The van der Waals surface area contributed by atoms with E-state index in [1.807, 2.05) is 18.3 Å². The molecule has 3 rings (SSSR count). The molecule has 1 N–H and O–H groups in total. The quantitative estimate of drug-likeness (QED) is 0.788. The number of benzene rings is 1. The highest BCUT2D eigenvalue weighted by Gasteiger charge is 2.08. The summed E-state index contributed by atoms with van der Waals surface area (Å²) in [5.41, 5.74) is 2.99. The van der Waals surface area contributed by atoms with Gasteiger partial charge in [0.2, 0.25) is 5.13 Å². The molecule has 0 saturated carbocycles. The van der Waals surface area contributed by atoms with Crippen molar-refractivity contribution in [3.63, 3.8) is 0 Å². The minimum atomic E-state index is -0.213. The summed E-state index contributed by atoms with van der Waals surface area (Å²) < 4.78 is 2.62. The van der Waals surface area contributed by atoms with Crippen molar-refractivity contribution in [2.24, 2.45) is 0 Å². The standard InChI is InChI=1S/C12H8BrN5OS/c13-9-5-15-18(6-9)10-3-1-8(2-4-10)11(19)16-12-17-14-7-20-12/h1-7H,(H,16,17,19). The number of halogens is 1. The molecule has 0 atom stereocenters. The average molecular weight is 350 g/mol. The van der Waals surface area contributed by atoms with Gasteiger partial charge in [-0.25, -0.2) is 4.68 Å². The molecule has 100 valence electrons. The summed E-state index contributed by atoms with van der Waals surface area (Å²) in [5.74, 6) is -0.213. The van der Waals surface area contributed by atoms with Crippen molar-refractivity contribution in [2.75, 3.05) is 5.32 Å². The average Bonchev–Trinajstić information content (AvgIpc) is 3.10. The molecule has 20 heavy (non-hydrogen) atoms. The van der Waals surface area contributed by atoms with E-state index in [0.717, 1.165) is 10.2 Å². The Labute approximate surface area is 126 Å². The number of anilines is 1. The molecular weight excluding hydrogens is 342 g/mol. The highest BCUT2D eigenvalue weighted by Crippen LogP contribution is 2.15. The monoisotopic (exact) mass is 349 g/mol. The summed E-state index contributed by atoms with van der Waals surface area (Å²) in [6.07, 6.45) is 3.55. The topological polar surface area (TPSA) is 72.7 Å². The molecule has 6 nitrogen and oxygen atoms in total. The van der Waals surface area contributed by atoms with Crippen LogP contribution in [0.3, 0.4) is 0 Å². The number of aromatic nitrogens is 4. The lowest BCUT2D eigenvalue weighted by Gasteiger charge is -2.04. The summed E-state index contributed by atoms with van der Waals surface area (Å²) in [4.78, 5) is 12.0. The Balaban J connectivity index is 1.77. The van der Waals surface area contributed by atoms with E-state index in [2.05, 4.69) is 36.5 Å². The number of carbonyl (C=O) groups is 1. The maximum absolute atomic E-state index is 12.0. The van der Waals surface area contributed by atoms with E-state index in [1.54, 1.807) is 28.5 Å². The van der Waals surface area contributed by atoms with Gasteiger partial charge in [0.25, 0.3) is 5.91 Å². The predicted octanol–water partition coefficient (Wildman–Crippen LogP) is 2.74. The van der Waals surface area contributed by atoms with E-state index in [0.29, 0.717) is 10.7 Å². The molecule has 2 aromatic heterocycles. The zero-order chi connectivity index (χ0) is 13.9. The third kappa shape index (κ3) is 2.75. The molecule has 0 aliphatic rings. The van der Waals surface area contributed by atoms with Crippen molar-refractivity contribution in [1.29, 1.82) is 0 Å². The van der Waals surface area contributed by atoms with Crippen LogP contribution in [-0.4, -0.2) is 25.9 Å². The Kier molecular flexibility index (Phi) is 3.57. The van der Waals surface area contributed by atoms with Crippen molar-refractivity contribution in [3.05, 3.63) is 52.2 Å². The number of nitrogens with zero attached hydrogens (tertiary/aromatic N) is 4. The predicted molar refractivity (Wildman–Crippen MR) is 79.1 cm³/mol. The van der Waals surface area contributed by atoms with Crippen LogP contribution in [0.2, 0.25) is 0 Å². The molecular formula is C12H8BrN5OS. The summed E-state index contributed by atoms with van der Waals surface area (Å²) in [5, 5.41) is 14.8. The lowest BCUT2D eigenvalue weighted by atomic mass is 10.2. The Morgan fingerprint density at radius 1 is 1.30 bits per heavy atom. The number of hydrogen-bond donors (Lipinski definition) is 1. The van der Waals surface area contributed by atoms with Gasteiger partial charge >= 0.3 is 0 Å². The Hall–Kier alpha value is -2.06. The number of hydrogen-bond acceptors (Lipinski definition) is 5. The van der Waals surface area contributed by atoms with Crippen LogP contribution in [-0.2, 0) is 0 Å².